The molecular formula is C18H16N4. The highest BCUT2D eigenvalue weighted by Gasteiger charge is 2.15. The standard InChI is InChI=1S/C18H16N4/c1-13-8-10-15(11-9-13)21-12-19-18-17(21)14(2)20-22(18)16-6-4-3-5-7-16/h3-12H,1-2H3. The summed E-state index contributed by atoms with van der Waals surface area (Å²) in [4.78, 5) is 4.58. The van der Waals surface area contributed by atoms with Crippen molar-refractivity contribution in [3.05, 3.63) is 72.2 Å². The number of rotatable bonds is 2. The van der Waals surface area contributed by atoms with Gasteiger partial charge in [0.25, 0.3) is 0 Å². The van der Waals surface area contributed by atoms with Crippen LogP contribution in [0.25, 0.3) is 22.5 Å². The first kappa shape index (κ1) is 12.8. The molecule has 0 atom stereocenters. The van der Waals surface area contributed by atoms with Gasteiger partial charge in [0, 0.05) is 5.69 Å². The van der Waals surface area contributed by atoms with E-state index in [0.717, 1.165) is 28.2 Å². The summed E-state index contributed by atoms with van der Waals surface area (Å²) in [6.07, 6.45) is 1.86. The van der Waals surface area contributed by atoms with Gasteiger partial charge in [-0.1, -0.05) is 35.9 Å². The third-order valence-corrected chi connectivity index (χ3v) is 3.85. The third kappa shape index (κ3) is 1.92. The van der Waals surface area contributed by atoms with Crippen molar-refractivity contribution in [3.63, 3.8) is 0 Å². The molecule has 0 saturated carbocycles. The molecule has 0 aliphatic heterocycles. The minimum atomic E-state index is 0.879. The average molecular weight is 288 g/mol. The van der Waals surface area contributed by atoms with E-state index in [1.54, 1.807) is 0 Å². The van der Waals surface area contributed by atoms with E-state index >= 15 is 0 Å². The lowest BCUT2D eigenvalue weighted by molar-refractivity contribution is 0.872. The molecule has 2 aromatic heterocycles. The number of hydrogen-bond acceptors (Lipinski definition) is 2. The molecule has 4 rings (SSSR count). The number of nitrogens with zero attached hydrogens (tertiary/aromatic N) is 4. The van der Waals surface area contributed by atoms with Crippen LogP contribution in [0.5, 0.6) is 0 Å². The number of fused-ring (bicyclic) bond motifs is 1. The maximum Gasteiger partial charge on any atom is 0.181 e. The number of aryl methyl sites for hydroxylation is 2. The van der Waals surface area contributed by atoms with Gasteiger partial charge in [0.05, 0.1) is 11.4 Å². The second-order valence-corrected chi connectivity index (χ2v) is 5.46. The van der Waals surface area contributed by atoms with Crippen LogP contribution >= 0.6 is 0 Å². The Balaban J connectivity index is 1.93. The highest BCUT2D eigenvalue weighted by atomic mass is 15.3. The topological polar surface area (TPSA) is 35.6 Å². The van der Waals surface area contributed by atoms with Gasteiger partial charge in [0.15, 0.2) is 5.65 Å². The molecule has 0 unspecified atom stereocenters. The van der Waals surface area contributed by atoms with Crippen LogP contribution in [0.2, 0.25) is 0 Å². The molecule has 0 spiro atoms. The zero-order valence-electron chi connectivity index (χ0n) is 12.6. The summed E-state index contributed by atoms with van der Waals surface area (Å²) < 4.78 is 3.99. The van der Waals surface area contributed by atoms with E-state index in [2.05, 4.69) is 45.8 Å². The first-order valence-corrected chi connectivity index (χ1v) is 7.29. The summed E-state index contributed by atoms with van der Waals surface area (Å²) in [7, 11) is 0. The van der Waals surface area contributed by atoms with Gasteiger partial charge >= 0.3 is 0 Å². The van der Waals surface area contributed by atoms with Gasteiger partial charge in [0.2, 0.25) is 0 Å². The van der Waals surface area contributed by atoms with E-state index < -0.39 is 0 Å². The molecule has 2 aromatic carbocycles. The van der Waals surface area contributed by atoms with Crippen LogP contribution in [-0.2, 0) is 0 Å². The third-order valence-electron chi connectivity index (χ3n) is 3.85. The first-order valence-electron chi connectivity index (χ1n) is 7.29. The van der Waals surface area contributed by atoms with Gasteiger partial charge in [-0.15, -0.1) is 0 Å². The van der Waals surface area contributed by atoms with E-state index in [0.29, 0.717) is 0 Å². The molecule has 0 N–H and O–H groups in total. The van der Waals surface area contributed by atoms with Crippen LogP contribution < -0.4 is 0 Å². The lowest BCUT2D eigenvalue weighted by atomic mass is 10.2. The summed E-state index contributed by atoms with van der Waals surface area (Å²) in [6.45, 7) is 4.11. The second kappa shape index (κ2) is 4.84. The molecule has 0 fully saturated rings. The van der Waals surface area contributed by atoms with Crippen LogP contribution in [0, 0.1) is 13.8 Å². The van der Waals surface area contributed by atoms with Crippen molar-refractivity contribution in [3.8, 4) is 11.4 Å². The lowest BCUT2D eigenvalue weighted by Crippen LogP contribution is -1.96. The maximum atomic E-state index is 4.66. The van der Waals surface area contributed by atoms with Crippen molar-refractivity contribution in [2.75, 3.05) is 0 Å². The zero-order valence-corrected chi connectivity index (χ0v) is 12.6. The van der Waals surface area contributed by atoms with Crippen LogP contribution in [0.1, 0.15) is 11.3 Å². The number of hydrogen-bond donors (Lipinski definition) is 0. The molecule has 4 nitrogen and oxygen atoms in total. The minimum absolute atomic E-state index is 0.879. The molecule has 0 amide bonds. The maximum absolute atomic E-state index is 4.66. The quantitative estimate of drug-likeness (QED) is 0.562. The van der Waals surface area contributed by atoms with Crippen LogP contribution in [0.3, 0.4) is 0 Å². The fourth-order valence-electron chi connectivity index (χ4n) is 2.73. The highest BCUT2D eigenvalue weighted by molar-refractivity contribution is 5.78. The Hall–Kier alpha value is -2.88. The fourth-order valence-corrected chi connectivity index (χ4v) is 2.73. The van der Waals surface area contributed by atoms with Crippen LogP contribution in [-0.4, -0.2) is 19.3 Å². The molecule has 0 aliphatic rings. The molecule has 22 heavy (non-hydrogen) atoms. The molecule has 108 valence electrons. The predicted octanol–water partition coefficient (Wildman–Crippen LogP) is 3.83. The van der Waals surface area contributed by atoms with E-state index in [1.165, 1.54) is 5.56 Å². The Morgan fingerprint density at radius 3 is 2.27 bits per heavy atom. The Kier molecular flexibility index (Phi) is 2.82. The summed E-state index contributed by atoms with van der Waals surface area (Å²) in [6, 6.07) is 18.5. The highest BCUT2D eigenvalue weighted by Crippen LogP contribution is 2.23. The Morgan fingerprint density at radius 2 is 1.55 bits per heavy atom. The van der Waals surface area contributed by atoms with Gasteiger partial charge in [-0.2, -0.15) is 5.10 Å². The molecule has 4 aromatic rings. The average Bonchev–Trinajstić information content (AvgIpc) is 3.11. The Labute approximate surface area is 128 Å². The van der Waals surface area contributed by atoms with Crippen LogP contribution in [0.4, 0.5) is 0 Å². The van der Waals surface area contributed by atoms with E-state index in [1.807, 2.05) is 48.3 Å². The molecular weight excluding hydrogens is 272 g/mol. The monoisotopic (exact) mass is 288 g/mol. The normalized spacial score (nSPS) is 11.2. The SMILES string of the molecule is Cc1ccc(-n2cnc3c2c(C)nn3-c2ccccc2)cc1. The lowest BCUT2D eigenvalue weighted by Gasteiger charge is -2.03. The fraction of sp³-hybridized carbons (Fsp3) is 0.111. The van der Waals surface area contributed by atoms with Crippen molar-refractivity contribution in [2.45, 2.75) is 13.8 Å². The molecule has 0 bridgehead atoms. The number of benzene rings is 2. The largest absolute Gasteiger partial charge is 0.296 e. The minimum Gasteiger partial charge on any atom is -0.296 e. The Bertz CT molecular complexity index is 931. The summed E-state index contributed by atoms with van der Waals surface area (Å²) in [5.74, 6) is 0. The molecule has 2 heterocycles. The van der Waals surface area contributed by atoms with Gasteiger partial charge in [-0.3, -0.25) is 4.57 Å². The van der Waals surface area contributed by atoms with E-state index in [4.69, 9.17) is 0 Å². The second-order valence-electron chi connectivity index (χ2n) is 5.46. The van der Waals surface area contributed by atoms with E-state index in [-0.39, 0.29) is 0 Å². The van der Waals surface area contributed by atoms with Gasteiger partial charge in [-0.25, -0.2) is 9.67 Å². The van der Waals surface area contributed by atoms with Crippen molar-refractivity contribution in [1.82, 2.24) is 19.3 Å². The molecule has 4 heteroatoms. The van der Waals surface area contributed by atoms with Gasteiger partial charge in [-0.05, 0) is 38.1 Å². The van der Waals surface area contributed by atoms with Crippen molar-refractivity contribution >= 4 is 11.2 Å². The van der Waals surface area contributed by atoms with Crippen molar-refractivity contribution in [2.24, 2.45) is 0 Å². The molecule has 0 radical (unpaired) electrons. The van der Waals surface area contributed by atoms with Gasteiger partial charge < -0.3 is 0 Å². The smallest absolute Gasteiger partial charge is 0.181 e. The van der Waals surface area contributed by atoms with Crippen molar-refractivity contribution in [1.29, 1.82) is 0 Å². The number of imidazole rings is 1. The van der Waals surface area contributed by atoms with Crippen molar-refractivity contribution < 1.29 is 0 Å². The van der Waals surface area contributed by atoms with E-state index in [9.17, 15) is 0 Å². The zero-order chi connectivity index (χ0) is 15.1. The summed E-state index contributed by atoms with van der Waals surface area (Å²) in [5, 5.41) is 4.66. The number of aromatic nitrogens is 4. The first-order chi connectivity index (χ1) is 10.7. The predicted molar refractivity (Wildman–Crippen MR) is 87.7 cm³/mol. The summed E-state index contributed by atoms with van der Waals surface area (Å²) in [5.41, 5.74) is 6.27. The molecule has 0 saturated heterocycles. The summed E-state index contributed by atoms with van der Waals surface area (Å²) >= 11 is 0. The van der Waals surface area contributed by atoms with Crippen LogP contribution in [0.15, 0.2) is 60.9 Å². The molecule has 0 aliphatic carbocycles. The Morgan fingerprint density at radius 1 is 0.818 bits per heavy atom. The van der Waals surface area contributed by atoms with Gasteiger partial charge in [0.1, 0.15) is 11.8 Å². The number of para-hydroxylation sites is 1.